The second-order valence-corrected chi connectivity index (χ2v) is 3.18. The molecule has 0 spiro atoms. The largest absolute Gasteiger partial charge is 0.507 e. The number of benzene rings is 1. The van der Waals surface area contributed by atoms with Gasteiger partial charge in [0.05, 0.1) is 12.1 Å². The van der Waals surface area contributed by atoms with E-state index in [1.165, 1.54) is 6.92 Å². The topological polar surface area (TPSA) is 49.3 Å². The molecule has 0 saturated carbocycles. The summed E-state index contributed by atoms with van der Waals surface area (Å²) in [5.41, 5.74) is 1.54. The number of carbonyl (C=O) groups excluding carboxylic acids is 1. The second kappa shape index (κ2) is 5.06. The van der Waals surface area contributed by atoms with E-state index in [-0.39, 0.29) is 11.7 Å². The maximum absolute atomic E-state index is 10.6. The number of hydrogen-bond donors (Lipinski definition) is 2. The minimum Gasteiger partial charge on any atom is -0.507 e. The van der Waals surface area contributed by atoms with Crippen molar-refractivity contribution >= 4 is 5.91 Å². The van der Waals surface area contributed by atoms with Crippen LogP contribution in [0.15, 0.2) is 18.2 Å². The smallest absolute Gasteiger partial charge is 0.217 e. The molecule has 2 N–H and O–H groups in total. The number of rotatable bonds is 1. The average Bonchev–Trinajstić information content (AvgIpc) is 2.15. The Hall–Kier alpha value is -1.95. The molecule has 1 amide bonds. The van der Waals surface area contributed by atoms with Crippen LogP contribution < -0.4 is 5.32 Å². The van der Waals surface area contributed by atoms with Crippen LogP contribution in [0.1, 0.15) is 18.1 Å². The molecule has 1 aromatic rings. The quantitative estimate of drug-likeness (QED) is 0.673. The molecule has 0 saturated heterocycles. The van der Waals surface area contributed by atoms with E-state index < -0.39 is 0 Å². The van der Waals surface area contributed by atoms with Crippen LogP contribution in [0.3, 0.4) is 0 Å². The fourth-order valence-corrected chi connectivity index (χ4v) is 1.12. The third-order valence-corrected chi connectivity index (χ3v) is 1.89. The van der Waals surface area contributed by atoms with Crippen LogP contribution in [0.5, 0.6) is 5.75 Å². The van der Waals surface area contributed by atoms with Crippen molar-refractivity contribution in [2.75, 3.05) is 6.54 Å². The lowest BCUT2D eigenvalue weighted by molar-refractivity contribution is -0.118. The summed E-state index contributed by atoms with van der Waals surface area (Å²) in [7, 11) is 0. The first kappa shape index (κ1) is 11.1. The van der Waals surface area contributed by atoms with E-state index in [0.29, 0.717) is 12.1 Å². The van der Waals surface area contributed by atoms with E-state index in [2.05, 4.69) is 17.2 Å². The molecule has 0 radical (unpaired) electrons. The maximum Gasteiger partial charge on any atom is 0.217 e. The first-order valence-electron chi connectivity index (χ1n) is 4.63. The lowest BCUT2D eigenvalue weighted by Gasteiger charge is -2.00. The second-order valence-electron chi connectivity index (χ2n) is 3.18. The zero-order chi connectivity index (χ0) is 11.3. The van der Waals surface area contributed by atoms with Crippen molar-refractivity contribution in [2.24, 2.45) is 0 Å². The van der Waals surface area contributed by atoms with Crippen molar-refractivity contribution in [1.29, 1.82) is 0 Å². The highest BCUT2D eigenvalue weighted by Gasteiger charge is 1.99. The number of phenolic OH excluding ortho intramolecular Hbond substituents is 1. The molecule has 0 aliphatic rings. The maximum atomic E-state index is 10.6. The number of carbonyl (C=O) groups is 1. The van der Waals surface area contributed by atoms with Gasteiger partial charge >= 0.3 is 0 Å². The SMILES string of the molecule is CC(=O)NCC#Cc1c(C)cccc1O. The Morgan fingerprint density at radius 1 is 1.53 bits per heavy atom. The fourth-order valence-electron chi connectivity index (χ4n) is 1.12. The van der Waals surface area contributed by atoms with Crippen molar-refractivity contribution in [2.45, 2.75) is 13.8 Å². The summed E-state index contributed by atoms with van der Waals surface area (Å²) in [6.07, 6.45) is 0. The summed E-state index contributed by atoms with van der Waals surface area (Å²) in [5, 5.41) is 12.1. The molecule has 0 fully saturated rings. The van der Waals surface area contributed by atoms with E-state index in [0.717, 1.165) is 5.56 Å². The van der Waals surface area contributed by atoms with Crippen LogP contribution in [-0.4, -0.2) is 17.6 Å². The van der Waals surface area contributed by atoms with Gasteiger partial charge < -0.3 is 10.4 Å². The Morgan fingerprint density at radius 3 is 2.87 bits per heavy atom. The number of hydrogen-bond acceptors (Lipinski definition) is 2. The van der Waals surface area contributed by atoms with E-state index in [1.807, 2.05) is 13.0 Å². The van der Waals surface area contributed by atoms with Gasteiger partial charge in [0.25, 0.3) is 0 Å². The van der Waals surface area contributed by atoms with Crippen LogP contribution >= 0.6 is 0 Å². The normalized spacial score (nSPS) is 8.93. The van der Waals surface area contributed by atoms with Crippen molar-refractivity contribution in [1.82, 2.24) is 5.32 Å². The van der Waals surface area contributed by atoms with Crippen LogP contribution in [-0.2, 0) is 4.79 Å². The minimum absolute atomic E-state index is 0.113. The molecule has 0 aliphatic carbocycles. The molecular formula is C12H13NO2. The summed E-state index contributed by atoms with van der Waals surface area (Å²) in [5.74, 6) is 5.65. The molecule has 0 aromatic heterocycles. The predicted molar refractivity (Wildman–Crippen MR) is 58.4 cm³/mol. The van der Waals surface area contributed by atoms with Gasteiger partial charge in [0.2, 0.25) is 5.91 Å². The Bertz CT molecular complexity index is 407. The number of aromatic hydroxyl groups is 1. The van der Waals surface area contributed by atoms with Crippen LogP contribution in [0, 0.1) is 18.8 Å². The highest BCUT2D eigenvalue weighted by molar-refractivity contribution is 5.73. The highest BCUT2D eigenvalue weighted by Crippen LogP contribution is 2.18. The predicted octanol–water partition coefficient (Wildman–Crippen LogP) is 1.19. The standard InChI is InChI=1S/C12H13NO2/c1-9-5-3-7-12(15)11(9)6-4-8-13-10(2)14/h3,5,7,15H,8H2,1-2H3,(H,13,14). The summed E-state index contributed by atoms with van der Waals surface area (Å²) in [6.45, 7) is 3.61. The summed E-state index contributed by atoms with van der Waals surface area (Å²) in [4.78, 5) is 10.6. The van der Waals surface area contributed by atoms with Gasteiger partial charge in [-0.25, -0.2) is 0 Å². The van der Waals surface area contributed by atoms with E-state index in [4.69, 9.17) is 0 Å². The van der Waals surface area contributed by atoms with Crippen LogP contribution in [0.25, 0.3) is 0 Å². The van der Waals surface area contributed by atoms with E-state index >= 15 is 0 Å². The molecular weight excluding hydrogens is 190 g/mol. The molecule has 78 valence electrons. The van der Waals surface area contributed by atoms with Gasteiger partial charge in [-0.3, -0.25) is 4.79 Å². The summed E-state index contributed by atoms with van der Waals surface area (Å²) < 4.78 is 0. The third kappa shape index (κ3) is 3.35. The van der Waals surface area contributed by atoms with Crippen molar-refractivity contribution in [3.8, 4) is 17.6 Å². The Morgan fingerprint density at radius 2 is 2.27 bits per heavy atom. The molecule has 0 atom stereocenters. The van der Waals surface area contributed by atoms with Gasteiger partial charge in [-0.1, -0.05) is 24.0 Å². The number of nitrogens with one attached hydrogen (secondary N) is 1. The Balaban J connectivity index is 2.75. The van der Waals surface area contributed by atoms with Gasteiger partial charge in [-0.15, -0.1) is 0 Å². The monoisotopic (exact) mass is 203 g/mol. The molecule has 3 heteroatoms. The minimum atomic E-state index is -0.113. The van der Waals surface area contributed by atoms with Crippen molar-refractivity contribution < 1.29 is 9.90 Å². The molecule has 15 heavy (non-hydrogen) atoms. The zero-order valence-electron chi connectivity index (χ0n) is 8.79. The Kier molecular flexibility index (Phi) is 3.75. The van der Waals surface area contributed by atoms with Gasteiger partial charge in [0, 0.05) is 6.92 Å². The van der Waals surface area contributed by atoms with Gasteiger partial charge in [0.1, 0.15) is 5.75 Å². The molecule has 0 unspecified atom stereocenters. The number of amides is 1. The zero-order valence-corrected chi connectivity index (χ0v) is 8.79. The molecule has 0 aliphatic heterocycles. The molecule has 0 bridgehead atoms. The first-order valence-corrected chi connectivity index (χ1v) is 4.63. The van der Waals surface area contributed by atoms with Crippen molar-refractivity contribution in [3.05, 3.63) is 29.3 Å². The molecule has 3 nitrogen and oxygen atoms in total. The van der Waals surface area contributed by atoms with Gasteiger partial charge in [0.15, 0.2) is 0 Å². The number of phenols is 1. The summed E-state index contributed by atoms with van der Waals surface area (Å²) in [6, 6.07) is 5.24. The van der Waals surface area contributed by atoms with Gasteiger partial charge in [-0.05, 0) is 18.6 Å². The van der Waals surface area contributed by atoms with E-state index in [9.17, 15) is 9.90 Å². The Labute approximate surface area is 89.1 Å². The summed E-state index contributed by atoms with van der Waals surface area (Å²) >= 11 is 0. The third-order valence-electron chi connectivity index (χ3n) is 1.89. The average molecular weight is 203 g/mol. The fraction of sp³-hybridized carbons (Fsp3) is 0.250. The lowest BCUT2D eigenvalue weighted by atomic mass is 10.1. The first-order chi connectivity index (χ1) is 7.11. The van der Waals surface area contributed by atoms with Crippen LogP contribution in [0.4, 0.5) is 0 Å². The molecule has 1 rings (SSSR count). The molecule has 0 heterocycles. The molecule has 1 aromatic carbocycles. The number of aryl methyl sites for hydroxylation is 1. The van der Waals surface area contributed by atoms with Crippen LogP contribution in [0.2, 0.25) is 0 Å². The van der Waals surface area contributed by atoms with Crippen molar-refractivity contribution in [3.63, 3.8) is 0 Å². The highest BCUT2D eigenvalue weighted by atomic mass is 16.3. The lowest BCUT2D eigenvalue weighted by Crippen LogP contribution is -2.19. The van der Waals surface area contributed by atoms with E-state index in [1.54, 1.807) is 12.1 Å². The van der Waals surface area contributed by atoms with Gasteiger partial charge in [-0.2, -0.15) is 0 Å².